The molecule has 2 heterocycles. The Hall–Kier alpha value is -1.20. The number of nitrogens with two attached hydrogens (primary N) is 1. The molecule has 0 unspecified atom stereocenters. The van der Waals surface area contributed by atoms with Crippen molar-refractivity contribution in [3.05, 3.63) is 28.8 Å². The summed E-state index contributed by atoms with van der Waals surface area (Å²) >= 11 is 2.05. The van der Waals surface area contributed by atoms with E-state index in [1.165, 1.54) is 41.0 Å². The van der Waals surface area contributed by atoms with Crippen molar-refractivity contribution < 1.29 is 9.53 Å². The minimum atomic E-state index is -0.281. The second-order valence-electron chi connectivity index (χ2n) is 6.23. The van der Waals surface area contributed by atoms with Crippen LogP contribution >= 0.6 is 11.8 Å². The van der Waals surface area contributed by atoms with E-state index in [9.17, 15) is 4.79 Å². The molecule has 2 aliphatic rings. The Labute approximate surface area is 136 Å². The van der Waals surface area contributed by atoms with Crippen molar-refractivity contribution in [1.29, 1.82) is 0 Å². The number of amides is 1. The molecule has 1 aromatic rings. The molecule has 3 rings (SSSR count). The Bertz CT molecular complexity index is 547. The van der Waals surface area contributed by atoms with Crippen LogP contribution < -0.4 is 10.6 Å². The number of thioether (sulfide) groups is 1. The first kappa shape index (κ1) is 15.7. The molecule has 1 atom stereocenters. The van der Waals surface area contributed by atoms with Crippen LogP contribution in [-0.2, 0) is 4.74 Å². The van der Waals surface area contributed by atoms with Crippen LogP contribution in [0.2, 0.25) is 0 Å². The van der Waals surface area contributed by atoms with E-state index < -0.39 is 0 Å². The van der Waals surface area contributed by atoms with E-state index in [1.807, 2.05) is 0 Å². The minimum absolute atomic E-state index is 0.192. The molecule has 2 saturated heterocycles. The van der Waals surface area contributed by atoms with Crippen LogP contribution in [0.4, 0.5) is 10.5 Å². The highest BCUT2D eigenvalue weighted by Gasteiger charge is 2.32. The average Bonchev–Trinajstić information content (AvgIpc) is 2.89. The van der Waals surface area contributed by atoms with Gasteiger partial charge in [-0.25, -0.2) is 4.79 Å². The molecule has 5 heteroatoms. The van der Waals surface area contributed by atoms with E-state index in [0.717, 1.165) is 5.69 Å². The summed E-state index contributed by atoms with van der Waals surface area (Å²) in [5.41, 5.74) is 10.6. The Morgan fingerprint density at radius 1 is 1.27 bits per heavy atom. The quantitative estimate of drug-likeness (QED) is 0.929. The van der Waals surface area contributed by atoms with Crippen LogP contribution in [0.25, 0.3) is 0 Å². The van der Waals surface area contributed by atoms with Gasteiger partial charge in [0.25, 0.3) is 0 Å². The van der Waals surface area contributed by atoms with Crippen molar-refractivity contribution in [1.82, 2.24) is 0 Å². The Morgan fingerprint density at radius 2 is 1.91 bits per heavy atom. The predicted molar refractivity (Wildman–Crippen MR) is 91.9 cm³/mol. The van der Waals surface area contributed by atoms with Crippen LogP contribution in [0.5, 0.6) is 0 Å². The molecular formula is C17H24N2O2S. The number of aryl methyl sites for hydroxylation is 2. The SMILES string of the molecule is Cc1cc(N2C[C@H](CN)OC2=O)cc(C)c1C1CCSCC1. The van der Waals surface area contributed by atoms with Crippen LogP contribution in [0.1, 0.15) is 35.4 Å². The number of nitrogens with zero attached hydrogens (tertiary/aromatic N) is 1. The van der Waals surface area contributed by atoms with Crippen molar-refractivity contribution in [2.45, 2.75) is 38.7 Å². The second-order valence-corrected chi connectivity index (χ2v) is 7.46. The number of ether oxygens (including phenoxy) is 1. The topological polar surface area (TPSA) is 55.6 Å². The molecule has 2 N–H and O–H groups in total. The zero-order valence-corrected chi connectivity index (χ0v) is 14.1. The van der Waals surface area contributed by atoms with Crippen molar-refractivity contribution >= 4 is 23.5 Å². The zero-order valence-electron chi connectivity index (χ0n) is 13.3. The van der Waals surface area contributed by atoms with Crippen molar-refractivity contribution in [2.24, 2.45) is 5.73 Å². The molecule has 0 bridgehead atoms. The Balaban J connectivity index is 1.87. The lowest BCUT2D eigenvalue weighted by Gasteiger charge is -2.26. The third-order valence-electron chi connectivity index (χ3n) is 4.66. The molecule has 1 aromatic carbocycles. The summed E-state index contributed by atoms with van der Waals surface area (Å²) in [6.07, 6.45) is 2.04. The largest absolute Gasteiger partial charge is 0.443 e. The summed E-state index contributed by atoms with van der Waals surface area (Å²) in [5, 5.41) is 0. The van der Waals surface area contributed by atoms with Gasteiger partial charge in [0.2, 0.25) is 0 Å². The molecule has 0 aromatic heterocycles. The summed E-state index contributed by atoms with van der Waals surface area (Å²) in [7, 11) is 0. The van der Waals surface area contributed by atoms with Gasteiger partial charge in [0.05, 0.1) is 6.54 Å². The van der Waals surface area contributed by atoms with Crippen LogP contribution in [0.15, 0.2) is 12.1 Å². The molecule has 0 spiro atoms. The molecule has 2 fully saturated rings. The van der Waals surface area contributed by atoms with Gasteiger partial charge in [0, 0.05) is 12.2 Å². The smallest absolute Gasteiger partial charge is 0.414 e. The first-order valence-corrected chi connectivity index (χ1v) is 9.12. The number of benzene rings is 1. The fraction of sp³-hybridized carbons (Fsp3) is 0.588. The van der Waals surface area contributed by atoms with Gasteiger partial charge in [-0.15, -0.1) is 0 Å². The maximum absolute atomic E-state index is 12.0. The molecule has 1 amide bonds. The lowest BCUT2D eigenvalue weighted by atomic mass is 9.86. The van der Waals surface area contributed by atoms with E-state index in [2.05, 4.69) is 37.7 Å². The van der Waals surface area contributed by atoms with E-state index >= 15 is 0 Å². The lowest BCUT2D eigenvalue weighted by Crippen LogP contribution is -2.27. The van der Waals surface area contributed by atoms with Gasteiger partial charge >= 0.3 is 6.09 Å². The van der Waals surface area contributed by atoms with Gasteiger partial charge < -0.3 is 10.5 Å². The summed E-state index contributed by atoms with van der Waals surface area (Å²) in [6, 6.07) is 4.26. The maximum Gasteiger partial charge on any atom is 0.414 e. The third-order valence-corrected chi connectivity index (χ3v) is 5.71. The number of anilines is 1. The first-order valence-electron chi connectivity index (χ1n) is 7.97. The zero-order chi connectivity index (χ0) is 15.7. The van der Waals surface area contributed by atoms with Crippen molar-refractivity contribution in [3.63, 3.8) is 0 Å². The summed E-state index contributed by atoms with van der Waals surface area (Å²) in [4.78, 5) is 13.7. The fourth-order valence-corrected chi connectivity index (χ4v) is 4.70. The molecule has 0 radical (unpaired) electrons. The Kier molecular flexibility index (Phi) is 4.64. The number of cyclic esters (lactones) is 1. The minimum Gasteiger partial charge on any atom is -0.443 e. The second kappa shape index (κ2) is 6.50. The maximum atomic E-state index is 12.0. The number of carbonyl (C=O) groups excluding carboxylic acids is 1. The van der Waals surface area contributed by atoms with E-state index in [1.54, 1.807) is 4.90 Å². The first-order chi connectivity index (χ1) is 10.6. The standard InChI is InChI=1S/C17H24N2O2S/c1-11-7-14(19-10-15(9-18)21-17(19)20)8-12(2)16(11)13-3-5-22-6-4-13/h7-8,13,15H,3-6,9-10,18H2,1-2H3/t15-/m0/s1. The van der Waals surface area contributed by atoms with E-state index in [0.29, 0.717) is 19.0 Å². The number of carbonyl (C=O) groups is 1. The molecule has 22 heavy (non-hydrogen) atoms. The fourth-order valence-electron chi connectivity index (χ4n) is 3.59. The van der Waals surface area contributed by atoms with E-state index in [-0.39, 0.29) is 12.2 Å². The van der Waals surface area contributed by atoms with Gasteiger partial charge in [-0.3, -0.25) is 4.90 Å². The normalized spacial score (nSPS) is 23.0. The van der Waals surface area contributed by atoms with Crippen LogP contribution in [-0.4, -0.2) is 36.8 Å². The van der Waals surface area contributed by atoms with Gasteiger partial charge in [0.1, 0.15) is 6.10 Å². The molecule has 2 aliphatic heterocycles. The van der Waals surface area contributed by atoms with Crippen LogP contribution in [0.3, 0.4) is 0 Å². The monoisotopic (exact) mass is 320 g/mol. The van der Waals surface area contributed by atoms with Crippen LogP contribution in [0, 0.1) is 13.8 Å². The Morgan fingerprint density at radius 3 is 2.45 bits per heavy atom. The number of hydrogen-bond acceptors (Lipinski definition) is 4. The average molecular weight is 320 g/mol. The highest BCUT2D eigenvalue weighted by Crippen LogP contribution is 2.37. The highest BCUT2D eigenvalue weighted by atomic mass is 32.2. The van der Waals surface area contributed by atoms with Gasteiger partial charge in [-0.1, -0.05) is 0 Å². The molecule has 4 nitrogen and oxygen atoms in total. The van der Waals surface area contributed by atoms with Gasteiger partial charge in [-0.2, -0.15) is 11.8 Å². The van der Waals surface area contributed by atoms with Crippen molar-refractivity contribution in [3.8, 4) is 0 Å². The van der Waals surface area contributed by atoms with Gasteiger partial charge in [0.15, 0.2) is 0 Å². The molecule has 0 saturated carbocycles. The summed E-state index contributed by atoms with van der Waals surface area (Å²) in [6.45, 7) is 5.25. The summed E-state index contributed by atoms with van der Waals surface area (Å²) in [5.74, 6) is 3.17. The summed E-state index contributed by atoms with van der Waals surface area (Å²) < 4.78 is 5.26. The molecule has 0 aliphatic carbocycles. The number of rotatable bonds is 3. The van der Waals surface area contributed by atoms with Gasteiger partial charge in [-0.05, 0) is 72.9 Å². The third kappa shape index (κ3) is 2.97. The lowest BCUT2D eigenvalue weighted by molar-refractivity contribution is 0.145. The predicted octanol–water partition coefficient (Wildman–Crippen LogP) is 3.20. The molecular weight excluding hydrogens is 296 g/mol. The number of hydrogen-bond donors (Lipinski definition) is 1. The highest BCUT2D eigenvalue weighted by molar-refractivity contribution is 7.99. The van der Waals surface area contributed by atoms with Crippen molar-refractivity contribution in [2.75, 3.05) is 29.5 Å². The molecule has 120 valence electrons. The van der Waals surface area contributed by atoms with E-state index in [4.69, 9.17) is 10.5 Å².